The summed E-state index contributed by atoms with van der Waals surface area (Å²) in [6.45, 7) is 2.44. The summed E-state index contributed by atoms with van der Waals surface area (Å²) in [5.74, 6) is -1.51. The number of amides is 4. The molecule has 15 heteroatoms. The van der Waals surface area contributed by atoms with Crippen molar-refractivity contribution < 1.29 is 41.5 Å². The number of sulfonamides is 1. The number of carbonyl (C=O) groups is 4. The minimum Gasteiger partial charge on any atom is -0.497 e. The lowest BCUT2D eigenvalue weighted by Crippen LogP contribution is -2.57. The van der Waals surface area contributed by atoms with Gasteiger partial charge >= 0.3 is 6.09 Å². The van der Waals surface area contributed by atoms with E-state index in [0.717, 1.165) is 31.2 Å². The quantitative estimate of drug-likeness (QED) is 0.158. The number of nitrogens with one attached hydrogen (secondary N) is 3. The molecule has 1 saturated heterocycles. The number of carbonyl (C=O) groups excluding carboxylic acids is 4. The predicted octanol–water partition coefficient (Wildman–Crippen LogP) is 4.20. The predicted molar refractivity (Wildman–Crippen MR) is 198 cm³/mol. The highest BCUT2D eigenvalue weighted by molar-refractivity contribution is 7.91. The van der Waals surface area contributed by atoms with E-state index in [0.29, 0.717) is 42.7 Å². The van der Waals surface area contributed by atoms with Crippen molar-refractivity contribution in [1.82, 2.24) is 25.2 Å². The van der Waals surface area contributed by atoms with Gasteiger partial charge in [0.05, 0.1) is 31.5 Å². The Hall–Kier alpha value is -4.50. The van der Waals surface area contributed by atoms with E-state index >= 15 is 0 Å². The van der Waals surface area contributed by atoms with Gasteiger partial charge in [-0.1, -0.05) is 49.3 Å². The first-order chi connectivity index (χ1) is 25.9. The van der Waals surface area contributed by atoms with E-state index < -0.39 is 62.7 Å². The highest BCUT2D eigenvalue weighted by Crippen LogP contribution is 2.38. The maximum atomic E-state index is 14.5. The van der Waals surface area contributed by atoms with Crippen LogP contribution < -0.4 is 20.1 Å². The van der Waals surface area contributed by atoms with Crippen LogP contribution in [0.2, 0.25) is 0 Å². The lowest BCUT2D eigenvalue weighted by molar-refractivity contribution is -0.141. The van der Waals surface area contributed by atoms with E-state index in [1.54, 1.807) is 19.2 Å². The average molecular weight is 768 g/mol. The summed E-state index contributed by atoms with van der Waals surface area (Å²) >= 11 is 0. The molecule has 6 rings (SSSR count). The van der Waals surface area contributed by atoms with E-state index in [4.69, 9.17) is 9.47 Å². The fraction of sp³-hybridized carbons (Fsp3) is 0.538. The summed E-state index contributed by atoms with van der Waals surface area (Å²) in [7, 11) is -2.26. The maximum Gasteiger partial charge on any atom is 0.410 e. The Bertz CT molecular complexity index is 1860. The molecule has 2 aliphatic heterocycles. The Labute approximate surface area is 316 Å². The van der Waals surface area contributed by atoms with Gasteiger partial charge in [-0.2, -0.15) is 0 Å². The molecule has 0 bridgehead atoms. The van der Waals surface area contributed by atoms with Crippen molar-refractivity contribution in [2.24, 2.45) is 0 Å². The zero-order valence-electron chi connectivity index (χ0n) is 30.9. The molecule has 2 heterocycles. The van der Waals surface area contributed by atoms with Crippen molar-refractivity contribution in [3.63, 3.8) is 0 Å². The molecule has 3 N–H and O–H groups in total. The highest BCUT2D eigenvalue weighted by atomic mass is 32.2. The van der Waals surface area contributed by atoms with Crippen molar-refractivity contribution in [3.05, 3.63) is 77.1 Å². The zero-order chi connectivity index (χ0) is 38.5. The molecule has 2 aromatic rings. The summed E-state index contributed by atoms with van der Waals surface area (Å²) in [5.41, 5.74) is 0.584. The van der Waals surface area contributed by atoms with Gasteiger partial charge in [-0.3, -0.25) is 24.0 Å². The number of benzene rings is 2. The Kier molecular flexibility index (Phi) is 12.3. The van der Waals surface area contributed by atoms with Crippen molar-refractivity contribution in [2.75, 3.05) is 13.7 Å². The average Bonchev–Trinajstić information content (AvgIpc) is 4.07. The largest absolute Gasteiger partial charge is 0.497 e. The number of hydrogen-bond acceptors (Lipinski definition) is 9. The number of hydrogen-bond donors (Lipinski definition) is 3. The number of nitrogens with zero attached hydrogens (tertiary/aromatic N) is 2. The highest BCUT2D eigenvalue weighted by Gasteiger charge is 2.55. The van der Waals surface area contributed by atoms with E-state index in [-0.39, 0.29) is 44.8 Å². The lowest BCUT2D eigenvalue weighted by Gasteiger charge is -2.30. The minimum absolute atomic E-state index is 0.0336. The molecule has 2 aliphatic carbocycles. The van der Waals surface area contributed by atoms with Crippen LogP contribution in [0.25, 0.3) is 0 Å². The van der Waals surface area contributed by atoms with E-state index in [1.807, 2.05) is 37.3 Å². The van der Waals surface area contributed by atoms with Crippen LogP contribution in [0, 0.1) is 5.82 Å². The zero-order valence-corrected chi connectivity index (χ0v) is 31.7. The minimum atomic E-state index is -3.84. The van der Waals surface area contributed by atoms with Crippen LogP contribution in [0.1, 0.15) is 87.8 Å². The van der Waals surface area contributed by atoms with Crippen LogP contribution in [-0.2, 0) is 48.8 Å². The number of methoxy groups -OCH3 is 1. The molecular formula is C39H50FN5O8S. The molecule has 3 fully saturated rings. The molecule has 0 unspecified atom stereocenters. The summed E-state index contributed by atoms with van der Waals surface area (Å²) in [6, 6.07) is 10.4. The van der Waals surface area contributed by atoms with Gasteiger partial charge in [0, 0.05) is 25.1 Å². The van der Waals surface area contributed by atoms with Crippen molar-refractivity contribution in [3.8, 4) is 5.75 Å². The Morgan fingerprint density at radius 2 is 1.83 bits per heavy atom. The Morgan fingerprint density at radius 3 is 2.54 bits per heavy atom. The molecule has 2 saturated carbocycles. The monoisotopic (exact) mass is 767 g/mol. The van der Waals surface area contributed by atoms with Gasteiger partial charge < -0.3 is 25.0 Å². The van der Waals surface area contributed by atoms with Gasteiger partial charge in [-0.15, -0.1) is 0 Å². The third-order valence-corrected chi connectivity index (χ3v) is 12.4. The molecule has 3 atom stereocenters. The molecule has 0 aromatic heterocycles. The van der Waals surface area contributed by atoms with Crippen LogP contribution in [0.4, 0.5) is 9.18 Å². The molecule has 4 aliphatic rings. The molecular weight excluding hydrogens is 718 g/mol. The van der Waals surface area contributed by atoms with Gasteiger partial charge in [-0.25, -0.2) is 17.6 Å². The Morgan fingerprint density at radius 1 is 1.06 bits per heavy atom. The number of fused-ring (bicyclic) bond motifs is 1. The number of halogens is 1. The molecule has 0 radical (unpaired) electrons. The summed E-state index contributed by atoms with van der Waals surface area (Å²) in [6.07, 6.45) is 7.94. The third-order valence-electron chi connectivity index (χ3n) is 10.6. The van der Waals surface area contributed by atoms with E-state index in [1.165, 1.54) is 15.9 Å². The summed E-state index contributed by atoms with van der Waals surface area (Å²) in [4.78, 5) is 58.0. The fourth-order valence-corrected chi connectivity index (χ4v) is 8.51. The van der Waals surface area contributed by atoms with Crippen molar-refractivity contribution in [1.29, 1.82) is 0 Å². The normalized spacial score (nSPS) is 20.7. The SMILES string of the molecule is C/C=C\CCCCC[C@H](NCc1cccc(OC)c1)C(=O)N1C[C@H](OC(=O)N2Cc3cccc(F)c3C2)C[C@H]1C(=O)NC1(C(=O)NS(=O)(=O)C2CC2)CC1. The number of likely N-dealkylation sites (tertiary alicyclic amines) is 1. The molecule has 54 heavy (non-hydrogen) atoms. The van der Waals surface area contributed by atoms with Crippen LogP contribution in [-0.4, -0.2) is 84.7 Å². The van der Waals surface area contributed by atoms with Crippen molar-refractivity contribution in [2.45, 2.75) is 120 Å². The van der Waals surface area contributed by atoms with Gasteiger partial charge in [0.25, 0.3) is 5.91 Å². The molecule has 13 nitrogen and oxygen atoms in total. The summed E-state index contributed by atoms with van der Waals surface area (Å²) in [5, 5.41) is 5.53. The first-order valence-corrected chi connectivity index (χ1v) is 20.4. The Balaban J connectivity index is 1.19. The van der Waals surface area contributed by atoms with E-state index in [2.05, 4.69) is 21.4 Å². The van der Waals surface area contributed by atoms with E-state index in [9.17, 15) is 32.0 Å². The molecule has 292 valence electrons. The van der Waals surface area contributed by atoms with Gasteiger partial charge in [0.15, 0.2) is 0 Å². The second kappa shape index (κ2) is 16.9. The number of unbranched alkanes of at least 4 members (excludes halogenated alkanes) is 3. The van der Waals surface area contributed by atoms with Crippen molar-refractivity contribution >= 4 is 33.8 Å². The first-order valence-electron chi connectivity index (χ1n) is 18.8. The number of ether oxygens (including phenoxy) is 2. The molecule has 2 aromatic carbocycles. The second-order valence-corrected chi connectivity index (χ2v) is 16.7. The van der Waals surface area contributed by atoms with Crippen LogP contribution in [0.3, 0.4) is 0 Å². The summed E-state index contributed by atoms with van der Waals surface area (Å²) < 4.78 is 53.0. The number of allylic oxidation sites excluding steroid dienone is 2. The number of rotatable bonds is 17. The molecule has 0 spiro atoms. The topological polar surface area (TPSA) is 163 Å². The van der Waals surface area contributed by atoms with Gasteiger partial charge in [0.2, 0.25) is 21.8 Å². The molecule has 4 amide bonds. The second-order valence-electron chi connectivity index (χ2n) is 14.7. The standard InChI is InChI=1S/C39H50FN5O8S/c1-3-4-5-6-7-8-15-33(41-22-26-11-9-13-28(20-26)52-2)36(47)45-24-29(53-38(49)44-23-27-12-10-14-32(40)31(27)25-44)21-34(45)35(46)42-39(18-19-39)37(48)43-54(50,51)30-16-17-30/h3-4,9-14,20,29-30,33-34,41H,5-8,15-19,21-25H2,1-2H3,(H,42,46)(H,43,48)/b4-3-/t29-,33+,34+/m1/s1. The van der Waals surface area contributed by atoms with Crippen LogP contribution in [0.15, 0.2) is 54.6 Å². The van der Waals surface area contributed by atoms with Gasteiger partial charge in [0.1, 0.15) is 29.3 Å². The van der Waals surface area contributed by atoms with Gasteiger partial charge in [-0.05, 0) is 81.2 Å². The third kappa shape index (κ3) is 9.41. The first kappa shape index (κ1) is 39.2. The smallest absolute Gasteiger partial charge is 0.410 e. The maximum absolute atomic E-state index is 14.5. The van der Waals surface area contributed by atoms with Crippen LogP contribution >= 0.6 is 0 Å². The van der Waals surface area contributed by atoms with Crippen LogP contribution in [0.5, 0.6) is 5.75 Å². The fourth-order valence-electron chi connectivity index (χ4n) is 7.13. The lowest BCUT2D eigenvalue weighted by atomic mass is 10.0.